The van der Waals surface area contributed by atoms with Crippen LogP contribution in [0, 0.1) is 27.3 Å². The molecule has 0 unspecified atom stereocenters. The van der Waals surface area contributed by atoms with Crippen LogP contribution in [0.25, 0.3) is 0 Å². The predicted octanol–water partition coefficient (Wildman–Crippen LogP) is 2.79. The molecule has 1 aromatic heterocycles. The van der Waals surface area contributed by atoms with Crippen molar-refractivity contribution in [3.8, 4) is 6.07 Å². The third-order valence-electron chi connectivity index (χ3n) is 2.68. The lowest BCUT2D eigenvalue weighted by molar-refractivity contribution is -0.384. The van der Waals surface area contributed by atoms with Crippen LogP contribution in [0.15, 0.2) is 30.3 Å². The molecule has 0 spiro atoms. The van der Waals surface area contributed by atoms with Gasteiger partial charge in [0.1, 0.15) is 11.6 Å². The van der Waals surface area contributed by atoms with Gasteiger partial charge < -0.3 is 10.6 Å². The number of halogens is 1. The fraction of sp³-hybridized carbons (Fsp3) is 0.0769. The van der Waals surface area contributed by atoms with E-state index in [9.17, 15) is 14.5 Å². The molecule has 0 aliphatic carbocycles. The highest BCUT2D eigenvalue weighted by atomic mass is 19.1. The molecular formula is C13H10FN5O2. The number of hydrogen-bond donors (Lipinski definition) is 2. The molecule has 0 radical (unpaired) electrons. The van der Waals surface area contributed by atoms with Crippen molar-refractivity contribution in [1.29, 1.82) is 5.26 Å². The summed E-state index contributed by atoms with van der Waals surface area (Å²) in [4.78, 5) is 14.3. The van der Waals surface area contributed by atoms with E-state index >= 15 is 0 Å². The second kappa shape index (κ2) is 5.83. The van der Waals surface area contributed by atoms with Crippen molar-refractivity contribution in [2.75, 3.05) is 17.7 Å². The third-order valence-corrected chi connectivity index (χ3v) is 2.68. The summed E-state index contributed by atoms with van der Waals surface area (Å²) in [5.74, 6) is -0.382. The smallest absolute Gasteiger partial charge is 0.311 e. The third kappa shape index (κ3) is 3.03. The molecule has 0 aliphatic heterocycles. The molecule has 0 aliphatic rings. The van der Waals surface area contributed by atoms with E-state index in [1.54, 1.807) is 13.1 Å². The normalized spacial score (nSPS) is 9.76. The summed E-state index contributed by atoms with van der Waals surface area (Å²) in [5, 5.41) is 25.0. The lowest BCUT2D eigenvalue weighted by Crippen LogP contribution is -2.03. The minimum absolute atomic E-state index is 0.00199. The fourth-order valence-corrected chi connectivity index (χ4v) is 1.64. The number of nitriles is 1. The van der Waals surface area contributed by atoms with Crippen molar-refractivity contribution in [2.24, 2.45) is 0 Å². The Hall–Kier alpha value is -3.21. The Morgan fingerprint density at radius 3 is 2.71 bits per heavy atom. The lowest BCUT2D eigenvalue weighted by Gasteiger charge is -2.09. The fourth-order valence-electron chi connectivity index (χ4n) is 1.64. The standard InChI is InChI=1S/C13H10FN5O2/c1-16-12-5-4-11(19(20)21)13(18-12)17-10-3-2-8(7-15)6-9(10)14/h2-6H,1H3,(H2,16,17,18). The van der Waals surface area contributed by atoms with E-state index in [2.05, 4.69) is 15.6 Å². The average Bonchev–Trinajstić information content (AvgIpc) is 2.48. The molecule has 2 N–H and O–H groups in total. The Morgan fingerprint density at radius 1 is 1.38 bits per heavy atom. The summed E-state index contributed by atoms with van der Waals surface area (Å²) in [6.45, 7) is 0. The Bertz CT molecular complexity index is 742. The first-order valence-electron chi connectivity index (χ1n) is 5.85. The highest BCUT2D eigenvalue weighted by Crippen LogP contribution is 2.28. The molecule has 0 atom stereocenters. The number of pyridine rings is 1. The molecule has 0 saturated heterocycles. The van der Waals surface area contributed by atoms with E-state index in [1.807, 2.05) is 0 Å². The van der Waals surface area contributed by atoms with Crippen LogP contribution in [-0.4, -0.2) is 17.0 Å². The van der Waals surface area contributed by atoms with E-state index in [0.717, 1.165) is 6.07 Å². The molecule has 0 amide bonds. The van der Waals surface area contributed by atoms with Crippen LogP contribution in [0.4, 0.5) is 27.4 Å². The van der Waals surface area contributed by atoms with Gasteiger partial charge in [0, 0.05) is 13.1 Å². The first-order chi connectivity index (χ1) is 10.0. The number of aromatic nitrogens is 1. The molecule has 7 nitrogen and oxygen atoms in total. The number of hydrogen-bond acceptors (Lipinski definition) is 6. The van der Waals surface area contributed by atoms with Crippen LogP contribution in [0.2, 0.25) is 0 Å². The van der Waals surface area contributed by atoms with E-state index in [1.165, 1.54) is 24.3 Å². The van der Waals surface area contributed by atoms with Crippen LogP contribution in [0.1, 0.15) is 5.56 Å². The van der Waals surface area contributed by atoms with Crippen molar-refractivity contribution in [1.82, 2.24) is 4.98 Å². The molecular weight excluding hydrogens is 277 g/mol. The number of benzene rings is 1. The molecule has 0 bridgehead atoms. The highest BCUT2D eigenvalue weighted by Gasteiger charge is 2.17. The SMILES string of the molecule is CNc1ccc([N+](=O)[O-])c(Nc2ccc(C#N)cc2F)n1. The van der Waals surface area contributed by atoms with Gasteiger partial charge in [0.15, 0.2) is 0 Å². The van der Waals surface area contributed by atoms with Crippen LogP contribution in [0.3, 0.4) is 0 Å². The number of rotatable bonds is 4. The minimum atomic E-state index is -0.694. The van der Waals surface area contributed by atoms with E-state index in [-0.39, 0.29) is 22.8 Å². The maximum absolute atomic E-state index is 13.8. The number of anilines is 3. The molecule has 1 aromatic carbocycles. The molecule has 0 saturated carbocycles. The van der Waals surface area contributed by atoms with Crippen molar-refractivity contribution in [2.45, 2.75) is 0 Å². The van der Waals surface area contributed by atoms with Crippen LogP contribution >= 0.6 is 0 Å². The number of nitrogens with one attached hydrogen (secondary N) is 2. The van der Waals surface area contributed by atoms with Gasteiger partial charge in [0.05, 0.1) is 22.2 Å². The summed E-state index contributed by atoms with van der Waals surface area (Å²) >= 11 is 0. The van der Waals surface area contributed by atoms with Gasteiger partial charge >= 0.3 is 5.69 Å². The van der Waals surface area contributed by atoms with E-state index in [0.29, 0.717) is 5.82 Å². The first-order valence-corrected chi connectivity index (χ1v) is 5.85. The van der Waals surface area contributed by atoms with Crippen LogP contribution in [0.5, 0.6) is 0 Å². The molecule has 106 valence electrons. The topological polar surface area (TPSA) is 104 Å². The molecule has 8 heteroatoms. The van der Waals surface area contributed by atoms with E-state index < -0.39 is 10.7 Å². The molecule has 1 heterocycles. The van der Waals surface area contributed by atoms with Gasteiger partial charge in [-0.2, -0.15) is 5.26 Å². The average molecular weight is 287 g/mol. The maximum Gasteiger partial charge on any atom is 0.311 e. The van der Waals surface area contributed by atoms with Gasteiger partial charge in [-0.3, -0.25) is 10.1 Å². The van der Waals surface area contributed by atoms with Crippen molar-refractivity contribution >= 4 is 23.0 Å². The van der Waals surface area contributed by atoms with Crippen molar-refractivity contribution < 1.29 is 9.31 Å². The summed E-state index contributed by atoms with van der Waals surface area (Å²) < 4.78 is 13.8. The largest absolute Gasteiger partial charge is 0.373 e. The Kier molecular flexibility index (Phi) is 3.95. The van der Waals surface area contributed by atoms with Gasteiger partial charge in [0.25, 0.3) is 0 Å². The summed E-state index contributed by atoms with van der Waals surface area (Å²) in [6.07, 6.45) is 0. The van der Waals surface area contributed by atoms with E-state index in [4.69, 9.17) is 5.26 Å². The van der Waals surface area contributed by atoms with Gasteiger partial charge in [-0.15, -0.1) is 0 Å². The minimum Gasteiger partial charge on any atom is -0.373 e. The van der Waals surface area contributed by atoms with Crippen LogP contribution in [-0.2, 0) is 0 Å². The zero-order chi connectivity index (χ0) is 15.4. The zero-order valence-electron chi connectivity index (χ0n) is 10.9. The number of nitrogens with zero attached hydrogens (tertiary/aromatic N) is 3. The molecule has 2 aromatic rings. The van der Waals surface area contributed by atoms with Crippen molar-refractivity contribution in [3.05, 3.63) is 51.8 Å². The zero-order valence-corrected chi connectivity index (χ0v) is 10.9. The lowest BCUT2D eigenvalue weighted by atomic mass is 10.2. The summed E-state index contributed by atoms with van der Waals surface area (Å²) in [7, 11) is 1.61. The maximum atomic E-state index is 13.8. The summed E-state index contributed by atoms with van der Waals surface area (Å²) in [5.41, 5.74) is -0.125. The van der Waals surface area contributed by atoms with Gasteiger partial charge in [-0.25, -0.2) is 9.37 Å². The molecule has 21 heavy (non-hydrogen) atoms. The molecule has 2 rings (SSSR count). The first kappa shape index (κ1) is 14.2. The Labute approximate surface area is 119 Å². The van der Waals surface area contributed by atoms with Gasteiger partial charge in [0.2, 0.25) is 5.82 Å². The van der Waals surface area contributed by atoms with Gasteiger partial charge in [-0.1, -0.05) is 0 Å². The van der Waals surface area contributed by atoms with Crippen LogP contribution < -0.4 is 10.6 Å². The second-order valence-electron chi connectivity index (χ2n) is 4.00. The summed E-state index contributed by atoms with van der Waals surface area (Å²) in [6, 6.07) is 8.28. The van der Waals surface area contributed by atoms with Gasteiger partial charge in [-0.05, 0) is 24.3 Å². The molecule has 0 fully saturated rings. The monoisotopic (exact) mass is 287 g/mol. The number of nitro groups is 1. The highest BCUT2D eigenvalue weighted by molar-refractivity contribution is 5.68. The van der Waals surface area contributed by atoms with Crippen molar-refractivity contribution in [3.63, 3.8) is 0 Å². The Morgan fingerprint density at radius 2 is 2.14 bits per heavy atom. The Balaban J connectivity index is 2.43. The second-order valence-corrected chi connectivity index (χ2v) is 4.00. The predicted molar refractivity (Wildman–Crippen MR) is 74.8 cm³/mol. The quantitative estimate of drug-likeness (QED) is 0.662.